The summed E-state index contributed by atoms with van der Waals surface area (Å²) in [6.45, 7) is 4.13. The summed E-state index contributed by atoms with van der Waals surface area (Å²) in [7, 11) is 3.28. The molecule has 0 bridgehead atoms. The summed E-state index contributed by atoms with van der Waals surface area (Å²) >= 11 is 0. The molecule has 0 N–H and O–H groups in total. The van der Waals surface area contributed by atoms with E-state index < -0.39 is 0 Å². The quantitative estimate of drug-likeness (QED) is 0.0210. The molecular weight excluding hydrogens is 1080 g/mol. The van der Waals surface area contributed by atoms with Crippen LogP contribution in [0.5, 0.6) is 46.0 Å². The number of methoxy groups -OCH3 is 2. The van der Waals surface area contributed by atoms with Gasteiger partial charge < -0.3 is 37.9 Å². The van der Waals surface area contributed by atoms with Crippen LogP contribution in [0.3, 0.4) is 0 Å². The number of nitrogens with zero attached hydrogens (tertiary/aromatic N) is 6. The van der Waals surface area contributed by atoms with Crippen LogP contribution in [-0.4, -0.2) is 66.3 Å². The van der Waals surface area contributed by atoms with E-state index in [-0.39, 0.29) is 0 Å². The average Bonchev–Trinajstić information content (AvgIpc) is 3.62. The number of aliphatic imine (C=N–C) groups is 2. The SMILES string of the molecule is COc1ccc(N=Nc2ccc(OCCCCCCCOc3ccc(C=Nc4ccc(OCCCCCCOc5ccc(N=Cc6ccc(OCCCCCCCOc7ccc(N=Nc8ccc(OC)cc8)cc7)cc6)cc5)cc4)cc3)cc2)cc1. The highest BCUT2D eigenvalue weighted by Gasteiger charge is 2.04. The first-order valence-corrected chi connectivity index (χ1v) is 30.1. The van der Waals surface area contributed by atoms with E-state index in [0.29, 0.717) is 39.6 Å². The second-order valence-corrected chi connectivity index (χ2v) is 20.5. The van der Waals surface area contributed by atoms with Crippen molar-refractivity contribution in [3.8, 4) is 46.0 Å². The van der Waals surface area contributed by atoms with Crippen molar-refractivity contribution in [2.45, 2.75) is 89.9 Å². The van der Waals surface area contributed by atoms with Crippen LogP contribution in [0.4, 0.5) is 34.1 Å². The van der Waals surface area contributed by atoms with Gasteiger partial charge in [0.05, 0.1) is 88.0 Å². The van der Waals surface area contributed by atoms with E-state index in [0.717, 1.165) is 181 Å². The fourth-order valence-corrected chi connectivity index (χ4v) is 8.77. The molecule has 0 saturated carbocycles. The van der Waals surface area contributed by atoms with Gasteiger partial charge in [-0.2, -0.15) is 20.5 Å². The van der Waals surface area contributed by atoms with Crippen molar-refractivity contribution >= 4 is 46.6 Å². The first-order valence-electron chi connectivity index (χ1n) is 30.1. The van der Waals surface area contributed by atoms with Gasteiger partial charge >= 0.3 is 0 Å². The molecule has 14 nitrogen and oxygen atoms in total. The lowest BCUT2D eigenvalue weighted by atomic mass is 10.1. The molecule has 0 aromatic heterocycles. The van der Waals surface area contributed by atoms with E-state index in [2.05, 4.69) is 30.4 Å². The fraction of sp³-hybridized carbons (Fsp3) is 0.306. The fourth-order valence-electron chi connectivity index (χ4n) is 8.77. The number of hydrogen-bond acceptors (Lipinski definition) is 14. The minimum atomic E-state index is 0.675. The highest BCUT2D eigenvalue weighted by molar-refractivity contribution is 5.82. The molecule has 0 aliphatic rings. The minimum absolute atomic E-state index is 0.675. The summed E-state index contributed by atoms with van der Waals surface area (Å²) in [6, 6.07) is 62.3. The Kier molecular flexibility index (Phi) is 27.1. The van der Waals surface area contributed by atoms with Crippen LogP contribution in [0.25, 0.3) is 0 Å². The lowest BCUT2D eigenvalue weighted by Gasteiger charge is -2.08. The third-order valence-electron chi connectivity index (χ3n) is 13.8. The number of hydrogen-bond donors (Lipinski definition) is 0. The molecule has 86 heavy (non-hydrogen) atoms. The van der Waals surface area contributed by atoms with Crippen molar-refractivity contribution in [2.24, 2.45) is 30.4 Å². The van der Waals surface area contributed by atoms with Crippen LogP contribution in [0.1, 0.15) is 101 Å². The van der Waals surface area contributed by atoms with Crippen LogP contribution < -0.4 is 37.9 Å². The summed E-state index contributed by atoms with van der Waals surface area (Å²) in [6.07, 6.45) is 18.7. The van der Waals surface area contributed by atoms with E-state index in [4.69, 9.17) is 37.9 Å². The Morgan fingerprint density at radius 1 is 0.221 bits per heavy atom. The molecule has 0 radical (unpaired) electrons. The first-order chi connectivity index (χ1) is 42.5. The Morgan fingerprint density at radius 3 is 0.628 bits per heavy atom. The Bertz CT molecular complexity index is 3020. The lowest BCUT2D eigenvalue weighted by molar-refractivity contribution is 0.287. The maximum absolute atomic E-state index is 6.01. The number of unbranched alkanes of at least 4 members (excludes halogenated alkanes) is 11. The maximum Gasteiger partial charge on any atom is 0.119 e. The zero-order valence-electron chi connectivity index (χ0n) is 49.7. The molecule has 0 spiro atoms. The summed E-state index contributed by atoms with van der Waals surface area (Å²) in [5.74, 6) is 6.70. The Hall–Kier alpha value is -9.30. The van der Waals surface area contributed by atoms with Crippen molar-refractivity contribution in [3.05, 3.63) is 205 Å². The highest BCUT2D eigenvalue weighted by Crippen LogP contribution is 2.27. The minimum Gasteiger partial charge on any atom is -0.497 e. The van der Waals surface area contributed by atoms with E-state index in [1.807, 2.05) is 207 Å². The van der Waals surface area contributed by atoms with Crippen LogP contribution in [-0.2, 0) is 0 Å². The smallest absolute Gasteiger partial charge is 0.119 e. The van der Waals surface area contributed by atoms with Crippen molar-refractivity contribution in [3.63, 3.8) is 0 Å². The molecule has 8 rings (SSSR count). The zero-order chi connectivity index (χ0) is 59.3. The van der Waals surface area contributed by atoms with Crippen molar-refractivity contribution in [2.75, 3.05) is 53.9 Å². The van der Waals surface area contributed by atoms with Gasteiger partial charge in [-0.1, -0.05) is 38.5 Å². The van der Waals surface area contributed by atoms with E-state index >= 15 is 0 Å². The van der Waals surface area contributed by atoms with E-state index in [1.54, 1.807) is 14.2 Å². The van der Waals surface area contributed by atoms with Gasteiger partial charge in [-0.05, 0) is 257 Å². The van der Waals surface area contributed by atoms with Crippen molar-refractivity contribution in [1.29, 1.82) is 0 Å². The van der Waals surface area contributed by atoms with Crippen molar-refractivity contribution in [1.82, 2.24) is 0 Å². The average molecular weight is 1160 g/mol. The predicted octanol–water partition coefficient (Wildman–Crippen LogP) is 19.9. The van der Waals surface area contributed by atoms with Gasteiger partial charge in [0.1, 0.15) is 46.0 Å². The van der Waals surface area contributed by atoms with Crippen molar-refractivity contribution < 1.29 is 37.9 Å². The molecule has 14 heteroatoms. The second kappa shape index (κ2) is 37.1. The highest BCUT2D eigenvalue weighted by atomic mass is 16.5. The van der Waals surface area contributed by atoms with Gasteiger partial charge in [-0.3, -0.25) is 9.98 Å². The van der Waals surface area contributed by atoms with Gasteiger partial charge in [-0.15, -0.1) is 0 Å². The van der Waals surface area contributed by atoms with E-state index in [9.17, 15) is 0 Å². The van der Waals surface area contributed by atoms with Crippen LogP contribution in [0, 0.1) is 0 Å². The largest absolute Gasteiger partial charge is 0.497 e. The van der Waals surface area contributed by atoms with Gasteiger partial charge in [-0.25, -0.2) is 0 Å². The van der Waals surface area contributed by atoms with Gasteiger partial charge in [0.25, 0.3) is 0 Å². The monoisotopic (exact) mass is 1160 g/mol. The number of benzene rings is 8. The van der Waals surface area contributed by atoms with Gasteiger partial charge in [0.2, 0.25) is 0 Å². The molecule has 0 fully saturated rings. The zero-order valence-corrected chi connectivity index (χ0v) is 49.7. The number of ether oxygens (including phenoxy) is 8. The second-order valence-electron chi connectivity index (χ2n) is 20.5. The molecule has 0 heterocycles. The summed E-state index contributed by atoms with van der Waals surface area (Å²) in [4.78, 5) is 9.31. The Balaban J connectivity index is 0.578. The van der Waals surface area contributed by atoms with E-state index in [1.165, 1.54) is 0 Å². The third-order valence-corrected chi connectivity index (χ3v) is 13.8. The van der Waals surface area contributed by atoms with Crippen LogP contribution in [0.2, 0.25) is 0 Å². The molecule has 0 aliphatic heterocycles. The van der Waals surface area contributed by atoms with Crippen LogP contribution >= 0.6 is 0 Å². The Labute approximate surface area is 507 Å². The molecule has 0 unspecified atom stereocenters. The molecule has 0 amide bonds. The Morgan fingerprint density at radius 2 is 0.407 bits per heavy atom. The normalized spacial score (nSPS) is 11.4. The maximum atomic E-state index is 6.01. The number of rotatable bonds is 39. The molecule has 0 atom stereocenters. The molecular formula is C72H80N6O8. The molecule has 8 aromatic carbocycles. The molecule has 446 valence electrons. The lowest BCUT2D eigenvalue weighted by Crippen LogP contribution is -1.99. The molecule has 0 saturated heterocycles. The topological polar surface area (TPSA) is 148 Å². The third kappa shape index (κ3) is 24.1. The van der Waals surface area contributed by atoms with Gasteiger partial charge in [0.15, 0.2) is 0 Å². The molecule has 0 aliphatic carbocycles. The predicted molar refractivity (Wildman–Crippen MR) is 345 cm³/mol. The summed E-state index contributed by atoms with van der Waals surface area (Å²) in [5, 5.41) is 17.2. The standard InChI is InChI=1S/C72H80N6O8/c1-79-65-37-25-61(26-38-65)75-77-63-29-45-71(46-30-63)85-51-13-7-3-5-11-49-81-67-33-17-57(18-34-67)55-73-59-21-41-69(42-22-59)83-53-15-9-10-16-54-84-70-43-23-60(24-44-70)74-56-58-19-35-68(36-20-58)82-50-12-6-4-8-14-52-86-72-47-31-64(32-48-72)78-76-62-27-39-66(80-2)40-28-62/h17-48,55-56H,3-16,49-54H2,1-2H3. The number of azo groups is 2. The molecule has 8 aromatic rings. The summed E-state index contributed by atoms with van der Waals surface area (Å²) < 4.78 is 46.2. The van der Waals surface area contributed by atoms with Crippen LogP contribution in [0.15, 0.2) is 225 Å². The summed E-state index contributed by atoms with van der Waals surface area (Å²) in [5.41, 5.74) is 6.87. The van der Waals surface area contributed by atoms with Gasteiger partial charge in [0, 0.05) is 12.4 Å². The first kappa shape index (κ1) is 62.7.